The van der Waals surface area contributed by atoms with Crippen molar-refractivity contribution in [3.05, 3.63) is 12.2 Å². The lowest BCUT2D eigenvalue weighted by molar-refractivity contribution is -0.167. The molecule has 0 fully saturated rings. The van der Waals surface area contributed by atoms with Crippen molar-refractivity contribution in [3.63, 3.8) is 0 Å². The number of hydrogen-bond donors (Lipinski definition) is 0. The van der Waals surface area contributed by atoms with E-state index in [0.29, 0.717) is 19.3 Å². The topological polar surface area (TPSA) is 78.9 Å². The second-order valence-electron chi connectivity index (χ2n) is 18.2. The third-order valence-corrected chi connectivity index (χ3v) is 12.0. The first-order valence-electron chi connectivity index (χ1n) is 26.7. The average molecular weight is 847 g/mol. The summed E-state index contributed by atoms with van der Waals surface area (Å²) in [5.74, 6) is -0.864. The summed E-state index contributed by atoms with van der Waals surface area (Å²) in [5.41, 5.74) is 0. The number of carbonyl (C=O) groups is 3. The number of rotatable bonds is 49. The molecule has 0 aliphatic heterocycles. The van der Waals surface area contributed by atoms with Crippen LogP contribution in [0.25, 0.3) is 0 Å². The lowest BCUT2D eigenvalue weighted by Gasteiger charge is -2.18. The summed E-state index contributed by atoms with van der Waals surface area (Å²) in [7, 11) is 0. The van der Waals surface area contributed by atoms with Crippen LogP contribution in [0.3, 0.4) is 0 Å². The van der Waals surface area contributed by atoms with Gasteiger partial charge in [-0.05, 0) is 44.9 Å². The van der Waals surface area contributed by atoms with E-state index < -0.39 is 6.10 Å². The second kappa shape index (κ2) is 49.8. The van der Waals surface area contributed by atoms with E-state index in [9.17, 15) is 14.4 Å². The zero-order valence-corrected chi connectivity index (χ0v) is 40.5. The van der Waals surface area contributed by atoms with E-state index >= 15 is 0 Å². The zero-order valence-electron chi connectivity index (χ0n) is 40.5. The summed E-state index contributed by atoms with van der Waals surface area (Å²) in [6.45, 7) is 6.62. The number of esters is 3. The lowest BCUT2D eigenvalue weighted by Crippen LogP contribution is -2.30. The molecule has 0 N–H and O–H groups in total. The summed E-state index contributed by atoms with van der Waals surface area (Å²) in [4.78, 5) is 37.8. The monoisotopic (exact) mass is 847 g/mol. The Morgan fingerprint density at radius 2 is 0.550 bits per heavy atom. The highest BCUT2D eigenvalue weighted by Gasteiger charge is 2.19. The van der Waals surface area contributed by atoms with Gasteiger partial charge >= 0.3 is 17.9 Å². The van der Waals surface area contributed by atoms with E-state index in [0.717, 1.165) is 57.8 Å². The molecular weight excluding hydrogens is 745 g/mol. The van der Waals surface area contributed by atoms with Gasteiger partial charge in [0.15, 0.2) is 6.10 Å². The summed E-state index contributed by atoms with van der Waals surface area (Å²) in [6.07, 6.45) is 55.1. The Morgan fingerprint density at radius 1 is 0.317 bits per heavy atom. The molecule has 6 nitrogen and oxygen atoms in total. The lowest BCUT2D eigenvalue weighted by atomic mass is 10.0. The van der Waals surface area contributed by atoms with Crippen molar-refractivity contribution in [3.8, 4) is 0 Å². The fraction of sp³-hybridized carbons (Fsp3) is 0.907. The predicted molar refractivity (Wildman–Crippen MR) is 256 cm³/mol. The van der Waals surface area contributed by atoms with Crippen LogP contribution in [-0.4, -0.2) is 37.2 Å². The van der Waals surface area contributed by atoms with Crippen LogP contribution in [0, 0.1) is 0 Å². The first-order valence-corrected chi connectivity index (χ1v) is 26.7. The van der Waals surface area contributed by atoms with Gasteiger partial charge in [-0.1, -0.05) is 245 Å². The third-order valence-electron chi connectivity index (χ3n) is 12.0. The van der Waals surface area contributed by atoms with Gasteiger partial charge in [0, 0.05) is 19.3 Å². The molecule has 354 valence electrons. The fourth-order valence-electron chi connectivity index (χ4n) is 7.97. The van der Waals surface area contributed by atoms with Crippen LogP contribution >= 0.6 is 0 Å². The van der Waals surface area contributed by atoms with Gasteiger partial charge in [-0.15, -0.1) is 0 Å². The molecule has 0 aliphatic carbocycles. The third kappa shape index (κ3) is 47.2. The van der Waals surface area contributed by atoms with Gasteiger partial charge in [0.1, 0.15) is 13.2 Å². The van der Waals surface area contributed by atoms with Gasteiger partial charge in [-0.3, -0.25) is 14.4 Å². The Hall–Kier alpha value is -1.85. The largest absolute Gasteiger partial charge is 0.462 e. The van der Waals surface area contributed by atoms with Crippen molar-refractivity contribution >= 4 is 17.9 Å². The highest BCUT2D eigenvalue weighted by Crippen LogP contribution is 2.16. The molecule has 0 rings (SSSR count). The number of hydrogen-bond acceptors (Lipinski definition) is 6. The van der Waals surface area contributed by atoms with Crippen LogP contribution in [0.1, 0.15) is 297 Å². The highest BCUT2D eigenvalue weighted by molar-refractivity contribution is 5.71. The van der Waals surface area contributed by atoms with Crippen LogP contribution in [0.15, 0.2) is 12.2 Å². The summed E-state index contributed by atoms with van der Waals surface area (Å²) in [5, 5.41) is 0. The Balaban J connectivity index is 4.15. The molecule has 0 bridgehead atoms. The van der Waals surface area contributed by atoms with Gasteiger partial charge < -0.3 is 14.2 Å². The van der Waals surface area contributed by atoms with Crippen molar-refractivity contribution in [1.29, 1.82) is 0 Å². The maximum Gasteiger partial charge on any atom is 0.306 e. The standard InChI is InChI=1S/C54H102O6/c1-4-7-10-13-16-18-20-22-24-26-28-30-32-34-36-38-41-44-47-53(56)59-50-51(49-58-52(55)46-43-40-15-12-9-6-3)60-54(57)48-45-42-39-37-35-33-31-29-27-25-23-21-19-17-14-11-8-5-2/h24,26,51H,4-23,25,27-50H2,1-3H3/b26-24-. The summed E-state index contributed by atoms with van der Waals surface area (Å²) in [6, 6.07) is 0. The molecule has 0 radical (unpaired) electrons. The van der Waals surface area contributed by atoms with Crippen LogP contribution in [0.2, 0.25) is 0 Å². The van der Waals surface area contributed by atoms with Gasteiger partial charge in [0.25, 0.3) is 0 Å². The molecule has 0 aromatic rings. The van der Waals surface area contributed by atoms with Crippen molar-refractivity contribution in [2.45, 2.75) is 303 Å². The van der Waals surface area contributed by atoms with E-state index in [1.54, 1.807) is 0 Å². The number of allylic oxidation sites excluding steroid dienone is 2. The summed E-state index contributed by atoms with van der Waals surface area (Å²) >= 11 is 0. The molecule has 6 heteroatoms. The molecule has 60 heavy (non-hydrogen) atoms. The van der Waals surface area contributed by atoms with Crippen LogP contribution in [-0.2, 0) is 28.6 Å². The van der Waals surface area contributed by atoms with E-state index in [-0.39, 0.29) is 31.1 Å². The van der Waals surface area contributed by atoms with Gasteiger partial charge in [0.05, 0.1) is 0 Å². The van der Waals surface area contributed by atoms with E-state index in [1.807, 2.05) is 0 Å². The molecule has 1 atom stereocenters. The molecular formula is C54H102O6. The Labute approximate surface area is 373 Å². The SMILES string of the molecule is CCCCCCCCC/C=C\CCCCCCCCCC(=O)OCC(COC(=O)CCCCCCCC)OC(=O)CCCCCCCCCCCCCCCCCCCC. The molecule has 0 amide bonds. The van der Waals surface area contributed by atoms with Gasteiger partial charge in [-0.2, -0.15) is 0 Å². The Morgan fingerprint density at radius 3 is 0.833 bits per heavy atom. The predicted octanol–water partition coefficient (Wildman–Crippen LogP) is 17.4. The minimum Gasteiger partial charge on any atom is -0.462 e. The van der Waals surface area contributed by atoms with Crippen LogP contribution < -0.4 is 0 Å². The maximum atomic E-state index is 12.8. The van der Waals surface area contributed by atoms with Crippen molar-refractivity contribution in [2.75, 3.05) is 13.2 Å². The first kappa shape index (κ1) is 58.1. The Kier molecular flexibility index (Phi) is 48.3. The van der Waals surface area contributed by atoms with Crippen molar-refractivity contribution in [1.82, 2.24) is 0 Å². The molecule has 0 aromatic heterocycles. The molecule has 1 unspecified atom stereocenters. The number of carbonyl (C=O) groups excluding carboxylic acids is 3. The molecule has 0 aromatic carbocycles. The van der Waals surface area contributed by atoms with E-state index in [4.69, 9.17) is 14.2 Å². The average Bonchev–Trinajstić information content (AvgIpc) is 3.24. The van der Waals surface area contributed by atoms with E-state index in [1.165, 1.54) is 199 Å². The maximum absolute atomic E-state index is 12.8. The smallest absolute Gasteiger partial charge is 0.306 e. The first-order chi connectivity index (χ1) is 29.5. The quantitative estimate of drug-likeness (QED) is 0.0263. The van der Waals surface area contributed by atoms with Crippen LogP contribution in [0.5, 0.6) is 0 Å². The molecule has 0 spiro atoms. The minimum atomic E-state index is -0.763. The minimum absolute atomic E-state index is 0.0677. The van der Waals surface area contributed by atoms with Crippen molar-refractivity contribution in [2.24, 2.45) is 0 Å². The van der Waals surface area contributed by atoms with Crippen molar-refractivity contribution < 1.29 is 28.6 Å². The number of unbranched alkanes of at least 4 members (excludes halogenated alkanes) is 36. The molecule has 0 aliphatic rings. The highest BCUT2D eigenvalue weighted by atomic mass is 16.6. The Bertz CT molecular complexity index is 931. The second-order valence-corrected chi connectivity index (χ2v) is 18.2. The van der Waals surface area contributed by atoms with Gasteiger partial charge in [-0.25, -0.2) is 0 Å². The normalized spacial score (nSPS) is 12.0. The summed E-state index contributed by atoms with van der Waals surface area (Å²) < 4.78 is 16.7. The van der Waals surface area contributed by atoms with E-state index in [2.05, 4.69) is 32.9 Å². The zero-order chi connectivity index (χ0) is 43.7. The van der Waals surface area contributed by atoms with Crippen LogP contribution in [0.4, 0.5) is 0 Å². The molecule has 0 saturated carbocycles. The fourth-order valence-corrected chi connectivity index (χ4v) is 7.97. The number of ether oxygens (including phenoxy) is 3. The molecule has 0 saturated heterocycles. The molecule has 0 heterocycles. The van der Waals surface area contributed by atoms with Gasteiger partial charge in [0.2, 0.25) is 0 Å².